The Bertz CT molecular complexity index is 1170. The van der Waals surface area contributed by atoms with E-state index in [-0.39, 0.29) is 5.91 Å². The fourth-order valence-corrected chi connectivity index (χ4v) is 6.02. The number of hydrogen-bond acceptors (Lipinski definition) is 7. The van der Waals surface area contributed by atoms with Crippen LogP contribution in [0.3, 0.4) is 0 Å². The molecule has 0 bridgehead atoms. The summed E-state index contributed by atoms with van der Waals surface area (Å²) in [5.41, 5.74) is 4.22. The molecule has 1 amide bonds. The van der Waals surface area contributed by atoms with Crippen LogP contribution in [0.15, 0.2) is 58.7 Å². The molecule has 0 aliphatic heterocycles. The molecular formula is C19H11N3OS4. The average molecular weight is 426 g/mol. The molecule has 4 aromatic heterocycles. The number of benzene rings is 1. The molecule has 0 atom stereocenters. The Hall–Kier alpha value is -2.39. The lowest BCUT2D eigenvalue weighted by Gasteiger charge is -2.01. The Morgan fingerprint density at radius 1 is 0.963 bits per heavy atom. The van der Waals surface area contributed by atoms with Gasteiger partial charge in [0.2, 0.25) is 0 Å². The number of fused-ring (bicyclic) bond motifs is 1. The van der Waals surface area contributed by atoms with Crippen molar-refractivity contribution in [1.82, 2.24) is 9.97 Å². The van der Waals surface area contributed by atoms with Crippen molar-refractivity contribution in [1.29, 1.82) is 0 Å². The van der Waals surface area contributed by atoms with E-state index in [2.05, 4.69) is 27.8 Å². The van der Waals surface area contributed by atoms with Gasteiger partial charge >= 0.3 is 0 Å². The van der Waals surface area contributed by atoms with Crippen LogP contribution in [0.1, 0.15) is 10.4 Å². The molecule has 0 unspecified atom stereocenters. The van der Waals surface area contributed by atoms with E-state index in [1.165, 1.54) is 22.7 Å². The summed E-state index contributed by atoms with van der Waals surface area (Å²) in [4.78, 5) is 25.0. The second-order valence-corrected chi connectivity index (χ2v) is 9.42. The Balaban J connectivity index is 1.49. The first kappa shape index (κ1) is 16.8. The van der Waals surface area contributed by atoms with Crippen LogP contribution < -0.4 is 5.32 Å². The summed E-state index contributed by atoms with van der Waals surface area (Å²) in [7, 11) is 0. The van der Waals surface area contributed by atoms with Gasteiger partial charge in [0.25, 0.3) is 5.91 Å². The van der Waals surface area contributed by atoms with Gasteiger partial charge in [0.05, 0.1) is 25.5 Å². The maximum absolute atomic E-state index is 12.7. The van der Waals surface area contributed by atoms with Crippen LogP contribution in [0.4, 0.5) is 5.13 Å². The van der Waals surface area contributed by atoms with Crippen LogP contribution in [0, 0.1) is 0 Å². The van der Waals surface area contributed by atoms with Gasteiger partial charge in [0.15, 0.2) is 5.13 Å². The Morgan fingerprint density at radius 3 is 2.56 bits per heavy atom. The molecule has 0 radical (unpaired) electrons. The number of carbonyl (C=O) groups excluding carboxylic acids is 1. The molecule has 1 aromatic carbocycles. The van der Waals surface area contributed by atoms with Crippen LogP contribution in [0.25, 0.3) is 30.5 Å². The second kappa shape index (κ2) is 6.97. The molecule has 0 aliphatic rings. The average Bonchev–Trinajstić information content (AvgIpc) is 3.47. The molecule has 27 heavy (non-hydrogen) atoms. The minimum absolute atomic E-state index is 0.158. The van der Waals surface area contributed by atoms with Gasteiger partial charge in [0.1, 0.15) is 5.69 Å². The molecule has 1 N–H and O–H groups in total. The summed E-state index contributed by atoms with van der Waals surface area (Å²) in [6, 6.07) is 13.7. The van der Waals surface area contributed by atoms with Gasteiger partial charge in [-0.25, -0.2) is 9.97 Å². The quantitative estimate of drug-likeness (QED) is 0.359. The molecule has 4 heterocycles. The number of hydrogen-bond donors (Lipinski definition) is 1. The minimum Gasteiger partial charge on any atom is -0.298 e. The van der Waals surface area contributed by atoms with Crippen molar-refractivity contribution in [2.45, 2.75) is 0 Å². The molecule has 5 aromatic rings. The molecule has 0 spiro atoms. The van der Waals surface area contributed by atoms with Crippen molar-refractivity contribution in [2.24, 2.45) is 0 Å². The van der Waals surface area contributed by atoms with Gasteiger partial charge in [-0.05, 0) is 41.1 Å². The van der Waals surface area contributed by atoms with Crippen molar-refractivity contribution in [3.05, 3.63) is 64.3 Å². The monoisotopic (exact) mass is 425 g/mol. The highest BCUT2D eigenvalue weighted by molar-refractivity contribution is 7.24. The first-order valence-corrected chi connectivity index (χ1v) is 11.5. The number of nitrogens with one attached hydrogen (secondary N) is 1. The number of aromatic nitrogens is 2. The minimum atomic E-state index is -0.158. The van der Waals surface area contributed by atoms with E-state index < -0.39 is 0 Å². The largest absolute Gasteiger partial charge is 0.298 e. The third-order valence-electron chi connectivity index (χ3n) is 3.94. The molecule has 132 valence electrons. The molecule has 0 aliphatic carbocycles. The summed E-state index contributed by atoms with van der Waals surface area (Å²) in [6.45, 7) is 0. The highest BCUT2D eigenvalue weighted by Crippen LogP contribution is 2.42. The molecule has 0 fully saturated rings. The zero-order valence-electron chi connectivity index (χ0n) is 13.7. The van der Waals surface area contributed by atoms with E-state index in [1.54, 1.807) is 34.3 Å². The van der Waals surface area contributed by atoms with Gasteiger partial charge in [-0.2, -0.15) is 0 Å². The number of anilines is 1. The summed E-state index contributed by atoms with van der Waals surface area (Å²) < 4.78 is 1.00. The predicted molar refractivity (Wildman–Crippen MR) is 116 cm³/mol. The molecule has 0 saturated carbocycles. The zero-order chi connectivity index (χ0) is 18.2. The number of rotatable bonds is 4. The number of carbonyl (C=O) groups is 1. The summed E-state index contributed by atoms with van der Waals surface area (Å²) in [5.74, 6) is -0.158. The van der Waals surface area contributed by atoms with Crippen LogP contribution >= 0.6 is 45.3 Å². The number of amides is 1. The number of thiazole rings is 2. The first-order chi connectivity index (χ1) is 13.3. The van der Waals surface area contributed by atoms with Gasteiger partial charge in [0, 0.05) is 10.4 Å². The summed E-state index contributed by atoms with van der Waals surface area (Å²) in [5, 5.41) is 7.66. The van der Waals surface area contributed by atoms with Crippen LogP contribution in [0.2, 0.25) is 0 Å². The molecule has 5 rings (SSSR count). The maximum Gasteiger partial charge on any atom is 0.257 e. The van der Waals surface area contributed by atoms with E-state index in [9.17, 15) is 4.79 Å². The summed E-state index contributed by atoms with van der Waals surface area (Å²) in [6.07, 6.45) is 0. The summed E-state index contributed by atoms with van der Waals surface area (Å²) >= 11 is 6.36. The number of thiophene rings is 2. The second-order valence-electron chi connectivity index (χ2n) is 5.64. The van der Waals surface area contributed by atoms with Crippen molar-refractivity contribution in [3.63, 3.8) is 0 Å². The van der Waals surface area contributed by atoms with E-state index in [0.29, 0.717) is 10.7 Å². The topological polar surface area (TPSA) is 54.9 Å². The lowest BCUT2D eigenvalue weighted by atomic mass is 10.2. The van der Waals surface area contributed by atoms with Crippen molar-refractivity contribution < 1.29 is 4.79 Å². The smallest absolute Gasteiger partial charge is 0.257 e. The highest BCUT2D eigenvalue weighted by atomic mass is 32.1. The van der Waals surface area contributed by atoms with E-state index in [4.69, 9.17) is 4.98 Å². The van der Waals surface area contributed by atoms with Gasteiger partial charge < -0.3 is 0 Å². The Morgan fingerprint density at radius 2 is 1.78 bits per heavy atom. The normalized spacial score (nSPS) is 11.1. The standard InChI is InChI=1S/C19H11N3OS4/c23-18(11-5-6-12-15(9-11)26-10-20-12)22-19-21-16(13-3-1-7-24-13)17(27-19)14-4-2-8-25-14/h1-10H,(H,21,22,23). The molecule has 4 nitrogen and oxygen atoms in total. The van der Waals surface area contributed by atoms with Crippen molar-refractivity contribution in [2.75, 3.05) is 5.32 Å². The van der Waals surface area contributed by atoms with Crippen molar-refractivity contribution in [3.8, 4) is 20.3 Å². The van der Waals surface area contributed by atoms with Gasteiger partial charge in [-0.15, -0.1) is 34.0 Å². The third-order valence-corrected chi connectivity index (χ3v) is 7.63. The molecular weight excluding hydrogens is 414 g/mol. The predicted octanol–water partition coefficient (Wildman–Crippen LogP) is 6.46. The fourth-order valence-electron chi connectivity index (χ4n) is 2.69. The third kappa shape index (κ3) is 3.21. The maximum atomic E-state index is 12.7. The van der Waals surface area contributed by atoms with E-state index >= 15 is 0 Å². The van der Waals surface area contributed by atoms with Crippen LogP contribution in [0.5, 0.6) is 0 Å². The Labute approximate surface area is 170 Å². The SMILES string of the molecule is O=C(Nc1nc(-c2cccs2)c(-c2cccs2)s1)c1ccc2ncsc2c1. The van der Waals surface area contributed by atoms with Gasteiger partial charge in [-0.3, -0.25) is 10.1 Å². The lowest BCUT2D eigenvalue weighted by molar-refractivity contribution is 0.102. The van der Waals surface area contributed by atoms with E-state index in [0.717, 1.165) is 30.5 Å². The Kier molecular flexibility index (Phi) is 4.33. The van der Waals surface area contributed by atoms with Crippen LogP contribution in [-0.4, -0.2) is 15.9 Å². The molecule has 0 saturated heterocycles. The zero-order valence-corrected chi connectivity index (χ0v) is 17.0. The lowest BCUT2D eigenvalue weighted by Crippen LogP contribution is -2.11. The van der Waals surface area contributed by atoms with E-state index in [1.807, 2.05) is 29.6 Å². The fraction of sp³-hybridized carbons (Fsp3) is 0. The molecule has 8 heteroatoms. The van der Waals surface area contributed by atoms with Crippen LogP contribution in [-0.2, 0) is 0 Å². The highest BCUT2D eigenvalue weighted by Gasteiger charge is 2.18. The number of nitrogens with zero attached hydrogens (tertiary/aromatic N) is 2. The first-order valence-electron chi connectivity index (χ1n) is 8.01. The van der Waals surface area contributed by atoms with Crippen molar-refractivity contribution >= 4 is 66.6 Å². The van der Waals surface area contributed by atoms with Gasteiger partial charge in [-0.1, -0.05) is 23.5 Å².